The highest BCUT2D eigenvalue weighted by Crippen LogP contribution is 2.25. The van der Waals surface area contributed by atoms with E-state index in [4.69, 9.17) is 0 Å². The van der Waals surface area contributed by atoms with E-state index in [2.05, 4.69) is 21.2 Å². The maximum Gasteiger partial charge on any atom is 0.115 e. The lowest BCUT2D eigenvalue weighted by Crippen LogP contribution is -2.32. The van der Waals surface area contributed by atoms with E-state index in [1.165, 1.54) is 4.88 Å². The molecule has 1 nitrogen and oxygen atoms in total. The number of hydrogen-bond acceptors (Lipinski definition) is 2. The molecule has 1 aromatic rings. The Hall–Kier alpha value is 0.0700. The number of thiophene rings is 1. The van der Waals surface area contributed by atoms with Gasteiger partial charge < -0.3 is 5.32 Å². The minimum absolute atomic E-state index is 0.0731. The Balaban J connectivity index is 1.85. The molecule has 78 valence electrons. The van der Waals surface area contributed by atoms with Crippen molar-refractivity contribution < 1.29 is 4.39 Å². The van der Waals surface area contributed by atoms with E-state index < -0.39 is 6.17 Å². The lowest BCUT2D eigenvalue weighted by Gasteiger charge is -2.14. The Bertz CT molecular complexity index is 302. The summed E-state index contributed by atoms with van der Waals surface area (Å²) in [7, 11) is 0. The van der Waals surface area contributed by atoms with Crippen LogP contribution in [0.2, 0.25) is 0 Å². The SMILES string of the molecule is F[C@@H]1CCC[C@@H]1NCc1sccc1Br. The molecule has 0 aromatic carbocycles. The number of rotatable bonds is 3. The molecule has 1 aliphatic rings. The van der Waals surface area contributed by atoms with Crippen molar-refractivity contribution in [1.29, 1.82) is 0 Å². The smallest absolute Gasteiger partial charge is 0.115 e. The van der Waals surface area contributed by atoms with Crippen LogP contribution in [0.5, 0.6) is 0 Å². The molecule has 4 heteroatoms. The maximum absolute atomic E-state index is 13.2. The fourth-order valence-electron chi connectivity index (χ4n) is 1.82. The molecule has 1 fully saturated rings. The highest BCUT2D eigenvalue weighted by Gasteiger charge is 2.26. The van der Waals surface area contributed by atoms with E-state index in [1.54, 1.807) is 11.3 Å². The van der Waals surface area contributed by atoms with Crippen molar-refractivity contribution in [3.63, 3.8) is 0 Å². The van der Waals surface area contributed by atoms with Crippen LogP contribution < -0.4 is 5.32 Å². The standard InChI is InChI=1S/C10H13BrFNS/c11-7-4-5-14-10(7)6-13-9-3-1-2-8(9)12/h4-5,8-9,13H,1-3,6H2/t8-,9+/m1/s1. The van der Waals surface area contributed by atoms with E-state index in [-0.39, 0.29) is 6.04 Å². The summed E-state index contributed by atoms with van der Waals surface area (Å²) >= 11 is 5.17. The Morgan fingerprint density at radius 2 is 2.43 bits per heavy atom. The predicted molar refractivity (Wildman–Crippen MR) is 61.4 cm³/mol. The predicted octanol–water partition coefficient (Wildman–Crippen LogP) is 3.49. The summed E-state index contributed by atoms with van der Waals surface area (Å²) in [5.74, 6) is 0. The minimum atomic E-state index is -0.645. The maximum atomic E-state index is 13.2. The summed E-state index contributed by atoms with van der Waals surface area (Å²) in [4.78, 5) is 1.25. The molecule has 0 amide bonds. The van der Waals surface area contributed by atoms with Gasteiger partial charge in [0.15, 0.2) is 0 Å². The Labute approximate surface area is 95.8 Å². The first-order chi connectivity index (χ1) is 6.77. The molecule has 14 heavy (non-hydrogen) atoms. The number of nitrogens with one attached hydrogen (secondary N) is 1. The van der Waals surface area contributed by atoms with Crippen LogP contribution in [-0.4, -0.2) is 12.2 Å². The van der Waals surface area contributed by atoms with Gasteiger partial charge in [-0.3, -0.25) is 0 Å². The molecule has 0 unspecified atom stereocenters. The van der Waals surface area contributed by atoms with Crippen molar-refractivity contribution in [3.8, 4) is 0 Å². The molecule has 0 spiro atoms. The van der Waals surface area contributed by atoms with E-state index in [1.807, 2.05) is 11.4 Å². The van der Waals surface area contributed by atoms with Gasteiger partial charge in [-0.25, -0.2) is 4.39 Å². The second kappa shape index (κ2) is 4.73. The van der Waals surface area contributed by atoms with Gasteiger partial charge in [-0.05, 0) is 46.6 Å². The zero-order valence-corrected chi connectivity index (χ0v) is 10.2. The molecule has 1 N–H and O–H groups in total. The van der Waals surface area contributed by atoms with Crippen LogP contribution >= 0.6 is 27.3 Å². The summed E-state index contributed by atoms with van der Waals surface area (Å²) in [5, 5.41) is 5.32. The lowest BCUT2D eigenvalue weighted by atomic mass is 10.2. The van der Waals surface area contributed by atoms with Gasteiger partial charge in [0.05, 0.1) is 0 Å². The van der Waals surface area contributed by atoms with E-state index in [9.17, 15) is 4.39 Å². The quantitative estimate of drug-likeness (QED) is 0.892. The van der Waals surface area contributed by atoms with Gasteiger partial charge in [-0.2, -0.15) is 0 Å². The fraction of sp³-hybridized carbons (Fsp3) is 0.600. The highest BCUT2D eigenvalue weighted by atomic mass is 79.9. The summed E-state index contributed by atoms with van der Waals surface area (Å²) in [6, 6.07) is 2.10. The first-order valence-corrected chi connectivity index (χ1v) is 6.54. The average Bonchev–Trinajstić information content (AvgIpc) is 2.72. The topological polar surface area (TPSA) is 12.0 Å². The molecule has 0 aliphatic heterocycles. The summed E-state index contributed by atoms with van der Waals surface area (Å²) in [6.45, 7) is 0.781. The molecule has 1 aromatic heterocycles. The van der Waals surface area contributed by atoms with Crippen molar-refractivity contribution in [2.75, 3.05) is 0 Å². The van der Waals surface area contributed by atoms with Crippen LogP contribution in [0.1, 0.15) is 24.1 Å². The molecular formula is C10H13BrFNS. The second-order valence-corrected chi connectivity index (χ2v) is 5.48. The summed E-state index contributed by atoms with van der Waals surface area (Å²) in [5.41, 5.74) is 0. The molecular weight excluding hydrogens is 265 g/mol. The van der Waals surface area contributed by atoms with E-state index >= 15 is 0 Å². The Morgan fingerprint density at radius 3 is 3.00 bits per heavy atom. The normalized spacial score (nSPS) is 27.0. The number of alkyl halides is 1. The molecule has 2 atom stereocenters. The third-order valence-electron chi connectivity index (χ3n) is 2.65. The third kappa shape index (κ3) is 2.35. The third-order valence-corrected chi connectivity index (χ3v) is 4.57. The van der Waals surface area contributed by atoms with Crippen molar-refractivity contribution in [3.05, 3.63) is 20.8 Å². The Kier molecular flexibility index (Phi) is 3.57. The van der Waals surface area contributed by atoms with Crippen LogP contribution in [-0.2, 0) is 6.54 Å². The molecule has 0 saturated heterocycles. The number of halogens is 2. The van der Waals surface area contributed by atoms with E-state index in [0.29, 0.717) is 0 Å². The van der Waals surface area contributed by atoms with Crippen LogP contribution in [0.25, 0.3) is 0 Å². The van der Waals surface area contributed by atoms with Gasteiger partial charge >= 0.3 is 0 Å². The largest absolute Gasteiger partial charge is 0.306 e. The molecule has 2 rings (SSSR count). The fourth-order valence-corrected chi connectivity index (χ4v) is 3.26. The van der Waals surface area contributed by atoms with Crippen molar-refractivity contribution in [2.24, 2.45) is 0 Å². The van der Waals surface area contributed by atoms with Gasteiger partial charge in [0.25, 0.3) is 0 Å². The molecule has 0 radical (unpaired) electrons. The highest BCUT2D eigenvalue weighted by molar-refractivity contribution is 9.10. The monoisotopic (exact) mass is 277 g/mol. The Morgan fingerprint density at radius 1 is 1.57 bits per heavy atom. The van der Waals surface area contributed by atoms with Crippen LogP contribution in [0, 0.1) is 0 Å². The van der Waals surface area contributed by atoms with Gasteiger partial charge in [0, 0.05) is 21.9 Å². The lowest BCUT2D eigenvalue weighted by molar-refractivity contribution is 0.279. The first kappa shape index (κ1) is 10.6. The van der Waals surface area contributed by atoms with Gasteiger partial charge in [-0.1, -0.05) is 0 Å². The van der Waals surface area contributed by atoms with Gasteiger partial charge in [-0.15, -0.1) is 11.3 Å². The zero-order chi connectivity index (χ0) is 9.97. The summed E-state index contributed by atoms with van der Waals surface area (Å²) in [6.07, 6.45) is 2.08. The summed E-state index contributed by atoms with van der Waals surface area (Å²) < 4.78 is 14.4. The average molecular weight is 278 g/mol. The van der Waals surface area contributed by atoms with Crippen LogP contribution in [0.4, 0.5) is 4.39 Å². The van der Waals surface area contributed by atoms with E-state index in [0.717, 1.165) is 30.3 Å². The van der Waals surface area contributed by atoms with Crippen molar-refractivity contribution in [1.82, 2.24) is 5.32 Å². The van der Waals surface area contributed by atoms with Gasteiger partial charge in [0.1, 0.15) is 6.17 Å². The van der Waals surface area contributed by atoms with Crippen LogP contribution in [0.3, 0.4) is 0 Å². The number of hydrogen-bond donors (Lipinski definition) is 1. The molecule has 1 heterocycles. The van der Waals surface area contributed by atoms with Crippen molar-refractivity contribution >= 4 is 27.3 Å². The minimum Gasteiger partial charge on any atom is -0.306 e. The van der Waals surface area contributed by atoms with Crippen molar-refractivity contribution in [2.45, 2.75) is 38.0 Å². The van der Waals surface area contributed by atoms with Gasteiger partial charge in [0.2, 0.25) is 0 Å². The molecule has 0 bridgehead atoms. The van der Waals surface area contributed by atoms with Crippen LogP contribution in [0.15, 0.2) is 15.9 Å². The second-order valence-electron chi connectivity index (χ2n) is 3.63. The zero-order valence-electron chi connectivity index (χ0n) is 7.80. The molecule has 1 saturated carbocycles. The molecule has 1 aliphatic carbocycles. The first-order valence-electron chi connectivity index (χ1n) is 4.86.